The average Bonchev–Trinajstić information content (AvgIpc) is 2.31. The van der Waals surface area contributed by atoms with Crippen LogP contribution in [0.4, 0.5) is 0 Å². The van der Waals surface area contributed by atoms with Gasteiger partial charge in [0, 0.05) is 12.1 Å². The van der Waals surface area contributed by atoms with Gasteiger partial charge >= 0.3 is 0 Å². The van der Waals surface area contributed by atoms with Crippen LogP contribution in [0.2, 0.25) is 0 Å². The van der Waals surface area contributed by atoms with E-state index in [-0.39, 0.29) is 0 Å². The van der Waals surface area contributed by atoms with E-state index in [2.05, 4.69) is 13.8 Å². The van der Waals surface area contributed by atoms with Crippen molar-refractivity contribution in [2.45, 2.75) is 70.9 Å². The Bertz CT molecular complexity index is 217. The Morgan fingerprint density at radius 3 is 1.59 bits per heavy atom. The molecular weight excluding hydrogens is 208 g/mol. The Morgan fingerprint density at radius 1 is 0.765 bits per heavy atom. The standard InChI is InChI=1S/C15H30N2/c1-10-12(5-3-7-14(10)16)9-13-6-4-8-15(17)11(13)2/h10-15H,3-9,16-17H2,1-2H3. The molecule has 0 aromatic heterocycles. The highest BCUT2D eigenvalue weighted by molar-refractivity contribution is 4.87. The van der Waals surface area contributed by atoms with Gasteiger partial charge in [0.2, 0.25) is 0 Å². The van der Waals surface area contributed by atoms with E-state index in [0.29, 0.717) is 23.9 Å². The summed E-state index contributed by atoms with van der Waals surface area (Å²) in [5, 5.41) is 0. The number of nitrogens with two attached hydrogens (primary N) is 2. The van der Waals surface area contributed by atoms with Crippen molar-refractivity contribution < 1.29 is 0 Å². The summed E-state index contributed by atoms with van der Waals surface area (Å²) in [4.78, 5) is 0. The molecule has 2 aliphatic carbocycles. The highest BCUT2D eigenvalue weighted by atomic mass is 14.7. The van der Waals surface area contributed by atoms with Crippen LogP contribution >= 0.6 is 0 Å². The zero-order valence-corrected chi connectivity index (χ0v) is 11.6. The Balaban J connectivity index is 1.90. The topological polar surface area (TPSA) is 52.0 Å². The Hall–Kier alpha value is -0.0800. The van der Waals surface area contributed by atoms with Gasteiger partial charge in [-0.05, 0) is 42.9 Å². The van der Waals surface area contributed by atoms with Gasteiger partial charge < -0.3 is 11.5 Å². The molecule has 2 rings (SSSR count). The maximum absolute atomic E-state index is 6.21. The normalized spacial score (nSPS) is 48.0. The first-order valence-electron chi connectivity index (χ1n) is 7.60. The predicted octanol–water partition coefficient (Wildman–Crippen LogP) is 2.90. The first kappa shape index (κ1) is 13.4. The molecule has 0 spiro atoms. The molecule has 0 amide bonds. The van der Waals surface area contributed by atoms with Gasteiger partial charge in [-0.25, -0.2) is 0 Å². The first-order valence-corrected chi connectivity index (χ1v) is 7.60. The largest absolute Gasteiger partial charge is 0.327 e. The van der Waals surface area contributed by atoms with Crippen LogP contribution in [-0.2, 0) is 0 Å². The number of hydrogen-bond donors (Lipinski definition) is 2. The monoisotopic (exact) mass is 238 g/mol. The molecule has 17 heavy (non-hydrogen) atoms. The van der Waals surface area contributed by atoms with Crippen LogP contribution in [0.1, 0.15) is 58.8 Å². The summed E-state index contributed by atoms with van der Waals surface area (Å²) in [6, 6.07) is 0.891. The van der Waals surface area contributed by atoms with Crippen LogP contribution in [0, 0.1) is 23.7 Å². The fraction of sp³-hybridized carbons (Fsp3) is 1.00. The van der Waals surface area contributed by atoms with Crippen LogP contribution in [0.15, 0.2) is 0 Å². The van der Waals surface area contributed by atoms with E-state index < -0.39 is 0 Å². The van der Waals surface area contributed by atoms with Gasteiger partial charge in [-0.15, -0.1) is 0 Å². The molecule has 0 saturated heterocycles. The minimum absolute atomic E-state index is 0.446. The third-order valence-corrected chi connectivity index (χ3v) is 5.67. The minimum Gasteiger partial charge on any atom is -0.327 e. The second-order valence-corrected chi connectivity index (χ2v) is 6.66. The predicted molar refractivity (Wildman–Crippen MR) is 73.6 cm³/mol. The lowest BCUT2D eigenvalue weighted by atomic mass is 9.68. The maximum atomic E-state index is 6.21. The van der Waals surface area contributed by atoms with Crippen molar-refractivity contribution in [3.05, 3.63) is 0 Å². The molecule has 2 fully saturated rings. The van der Waals surface area contributed by atoms with Crippen molar-refractivity contribution in [2.75, 3.05) is 0 Å². The van der Waals surface area contributed by atoms with Crippen molar-refractivity contribution in [1.29, 1.82) is 0 Å². The summed E-state index contributed by atoms with van der Waals surface area (Å²) >= 11 is 0. The van der Waals surface area contributed by atoms with Crippen molar-refractivity contribution in [1.82, 2.24) is 0 Å². The highest BCUT2D eigenvalue weighted by Gasteiger charge is 2.33. The second kappa shape index (κ2) is 5.71. The van der Waals surface area contributed by atoms with Crippen LogP contribution in [0.3, 0.4) is 0 Å². The Kier molecular flexibility index (Phi) is 4.48. The van der Waals surface area contributed by atoms with Gasteiger partial charge in [0.25, 0.3) is 0 Å². The number of rotatable bonds is 2. The molecule has 2 nitrogen and oxygen atoms in total. The lowest BCUT2D eigenvalue weighted by molar-refractivity contribution is 0.130. The van der Waals surface area contributed by atoms with Crippen molar-refractivity contribution >= 4 is 0 Å². The quantitative estimate of drug-likeness (QED) is 0.777. The molecule has 0 bridgehead atoms. The first-order chi connectivity index (χ1) is 8.09. The molecule has 100 valence electrons. The SMILES string of the molecule is CC1C(N)CCCC1CC1CCCC(N)C1C. The number of hydrogen-bond acceptors (Lipinski definition) is 2. The van der Waals surface area contributed by atoms with Crippen molar-refractivity contribution in [3.8, 4) is 0 Å². The summed E-state index contributed by atoms with van der Waals surface area (Å²) in [6.45, 7) is 4.73. The molecule has 0 aliphatic heterocycles. The van der Waals surface area contributed by atoms with E-state index in [4.69, 9.17) is 11.5 Å². The van der Waals surface area contributed by atoms with Crippen LogP contribution in [0.5, 0.6) is 0 Å². The van der Waals surface area contributed by atoms with Gasteiger partial charge in [-0.2, -0.15) is 0 Å². The zero-order valence-electron chi connectivity index (χ0n) is 11.6. The second-order valence-electron chi connectivity index (χ2n) is 6.66. The molecule has 2 heteroatoms. The molecule has 0 radical (unpaired) electrons. The molecule has 2 aliphatic rings. The third-order valence-electron chi connectivity index (χ3n) is 5.67. The summed E-state index contributed by atoms with van der Waals surface area (Å²) < 4.78 is 0. The molecule has 6 atom stereocenters. The molecular formula is C15H30N2. The summed E-state index contributed by atoms with van der Waals surface area (Å²) in [7, 11) is 0. The summed E-state index contributed by atoms with van der Waals surface area (Å²) in [5.74, 6) is 3.15. The van der Waals surface area contributed by atoms with Gasteiger partial charge in [0.05, 0.1) is 0 Å². The summed E-state index contributed by atoms with van der Waals surface area (Å²) in [6.07, 6.45) is 9.31. The lowest BCUT2D eigenvalue weighted by Crippen LogP contribution is -2.41. The lowest BCUT2D eigenvalue weighted by Gasteiger charge is -2.40. The smallest absolute Gasteiger partial charge is 0.00671 e. The van der Waals surface area contributed by atoms with Gasteiger partial charge in [0.1, 0.15) is 0 Å². The van der Waals surface area contributed by atoms with E-state index in [1.165, 1.54) is 44.9 Å². The molecule has 0 heterocycles. The Morgan fingerprint density at radius 2 is 1.18 bits per heavy atom. The van der Waals surface area contributed by atoms with E-state index in [0.717, 1.165) is 11.8 Å². The molecule has 4 N–H and O–H groups in total. The maximum Gasteiger partial charge on any atom is 0.00671 e. The van der Waals surface area contributed by atoms with E-state index in [1.54, 1.807) is 0 Å². The van der Waals surface area contributed by atoms with Gasteiger partial charge in [-0.1, -0.05) is 39.5 Å². The molecule has 6 unspecified atom stereocenters. The Labute approximate surface area is 107 Å². The molecule has 0 aromatic rings. The average molecular weight is 238 g/mol. The third kappa shape index (κ3) is 3.03. The van der Waals surface area contributed by atoms with E-state index in [9.17, 15) is 0 Å². The van der Waals surface area contributed by atoms with Crippen LogP contribution in [0.25, 0.3) is 0 Å². The van der Waals surface area contributed by atoms with Gasteiger partial charge in [-0.3, -0.25) is 0 Å². The van der Waals surface area contributed by atoms with Crippen LogP contribution in [-0.4, -0.2) is 12.1 Å². The summed E-state index contributed by atoms with van der Waals surface area (Å²) in [5.41, 5.74) is 12.4. The van der Waals surface area contributed by atoms with E-state index in [1.807, 2.05) is 0 Å². The fourth-order valence-corrected chi connectivity index (χ4v) is 4.04. The van der Waals surface area contributed by atoms with Crippen LogP contribution < -0.4 is 11.5 Å². The fourth-order valence-electron chi connectivity index (χ4n) is 4.04. The minimum atomic E-state index is 0.446. The van der Waals surface area contributed by atoms with E-state index >= 15 is 0 Å². The molecule has 0 aromatic carbocycles. The molecule has 2 saturated carbocycles. The highest BCUT2D eigenvalue weighted by Crippen LogP contribution is 2.39. The van der Waals surface area contributed by atoms with Crippen molar-refractivity contribution in [3.63, 3.8) is 0 Å². The zero-order chi connectivity index (χ0) is 12.4. The van der Waals surface area contributed by atoms with Gasteiger partial charge in [0.15, 0.2) is 0 Å². The van der Waals surface area contributed by atoms with Crippen molar-refractivity contribution in [2.24, 2.45) is 35.1 Å².